The Morgan fingerprint density at radius 3 is 1.70 bits per heavy atom. The number of hydrogen-bond donors (Lipinski definition) is 1. The van der Waals surface area contributed by atoms with Gasteiger partial charge in [0.2, 0.25) is 0 Å². The molecule has 2 aliphatic rings. The molecular weight excluding hydrogens is 741 g/mol. The minimum atomic E-state index is -0.188. The molecule has 8 aromatic carbocycles. The lowest BCUT2D eigenvalue weighted by Gasteiger charge is -2.34. The smallest absolute Gasteiger partial charge is 0.0804 e. The van der Waals surface area contributed by atoms with Crippen LogP contribution < -0.4 is 10.2 Å². The summed E-state index contributed by atoms with van der Waals surface area (Å²) in [5, 5.41) is 10.4. The maximum atomic E-state index is 3.99. The zero-order chi connectivity index (χ0) is 41.0. The van der Waals surface area contributed by atoms with Gasteiger partial charge in [-0.05, 0) is 119 Å². The van der Waals surface area contributed by atoms with Gasteiger partial charge in [-0.3, -0.25) is 0 Å². The van der Waals surface area contributed by atoms with E-state index in [4.69, 9.17) is 0 Å². The number of nitrogens with zero attached hydrogens (tertiary/aromatic N) is 3. The van der Waals surface area contributed by atoms with Crippen LogP contribution in [0, 0.1) is 0 Å². The van der Waals surface area contributed by atoms with E-state index in [-0.39, 0.29) is 16.9 Å². The lowest BCUT2D eigenvalue weighted by molar-refractivity contribution is 0.514. The molecule has 10 aromatic rings. The molecule has 0 amide bonds. The van der Waals surface area contributed by atoms with Crippen LogP contribution in [0.1, 0.15) is 56.1 Å². The van der Waals surface area contributed by atoms with Crippen LogP contribution in [0.15, 0.2) is 188 Å². The molecule has 4 nitrogen and oxygen atoms in total. The van der Waals surface area contributed by atoms with E-state index in [0.717, 1.165) is 28.4 Å². The first kappa shape index (κ1) is 35.6. The maximum Gasteiger partial charge on any atom is 0.0804 e. The zero-order valence-electron chi connectivity index (χ0n) is 34.9. The van der Waals surface area contributed by atoms with Crippen LogP contribution >= 0.6 is 0 Å². The summed E-state index contributed by atoms with van der Waals surface area (Å²) in [5.41, 5.74) is 15.6. The molecule has 1 aliphatic heterocycles. The van der Waals surface area contributed by atoms with E-state index >= 15 is 0 Å². The average molecular weight is 787 g/mol. The molecule has 0 radical (unpaired) electrons. The van der Waals surface area contributed by atoms with Gasteiger partial charge in [0.05, 0.1) is 28.3 Å². The van der Waals surface area contributed by atoms with Gasteiger partial charge in [0.15, 0.2) is 0 Å². The van der Waals surface area contributed by atoms with Gasteiger partial charge in [-0.15, -0.1) is 0 Å². The molecule has 2 unspecified atom stereocenters. The summed E-state index contributed by atoms with van der Waals surface area (Å²) in [6.07, 6.45) is 4.82. The van der Waals surface area contributed by atoms with Crippen LogP contribution in [-0.2, 0) is 10.8 Å². The van der Waals surface area contributed by atoms with Crippen molar-refractivity contribution in [2.75, 3.05) is 10.2 Å². The van der Waals surface area contributed by atoms with Crippen molar-refractivity contribution in [3.63, 3.8) is 0 Å². The van der Waals surface area contributed by atoms with Gasteiger partial charge in [0.1, 0.15) is 0 Å². The number of aromatic nitrogens is 2. The molecule has 1 aliphatic carbocycles. The highest BCUT2D eigenvalue weighted by Gasteiger charge is 2.47. The topological polar surface area (TPSA) is 25.1 Å². The third-order valence-corrected chi connectivity index (χ3v) is 13.5. The van der Waals surface area contributed by atoms with E-state index in [1.54, 1.807) is 0 Å². The Bertz CT molecular complexity index is 3320. The quantitative estimate of drug-likeness (QED) is 0.188. The Labute approximate surface area is 356 Å². The Morgan fingerprint density at radius 1 is 0.525 bits per heavy atom. The molecule has 294 valence electrons. The van der Waals surface area contributed by atoms with Gasteiger partial charge < -0.3 is 19.4 Å². The summed E-state index contributed by atoms with van der Waals surface area (Å²) in [7, 11) is 0. The average Bonchev–Trinajstić information content (AvgIpc) is 3.92. The number of anilines is 4. The molecule has 3 heterocycles. The molecule has 4 heteroatoms. The highest BCUT2D eigenvalue weighted by molar-refractivity contribution is 6.13. The molecule has 0 spiro atoms. The maximum absolute atomic E-state index is 3.99. The van der Waals surface area contributed by atoms with Gasteiger partial charge in [-0.2, -0.15) is 0 Å². The molecule has 0 bridgehead atoms. The summed E-state index contributed by atoms with van der Waals surface area (Å²) in [4.78, 5) is 2.39. The van der Waals surface area contributed by atoms with Crippen LogP contribution in [-0.4, -0.2) is 9.13 Å². The van der Waals surface area contributed by atoms with Gasteiger partial charge in [0.25, 0.3) is 0 Å². The van der Waals surface area contributed by atoms with E-state index in [9.17, 15) is 0 Å². The Kier molecular flexibility index (Phi) is 7.65. The van der Waals surface area contributed by atoms with E-state index < -0.39 is 0 Å². The molecule has 2 aromatic heterocycles. The number of fused-ring (bicyclic) bond motifs is 12. The molecule has 2 atom stereocenters. The molecule has 0 saturated heterocycles. The third-order valence-electron chi connectivity index (χ3n) is 13.5. The predicted octanol–water partition coefficient (Wildman–Crippen LogP) is 15.1. The Balaban J connectivity index is 1.00. The van der Waals surface area contributed by atoms with E-state index in [0.29, 0.717) is 0 Å². The second-order valence-electron chi connectivity index (χ2n) is 18.1. The highest BCUT2D eigenvalue weighted by atomic mass is 15.1. The van der Waals surface area contributed by atoms with E-state index in [2.05, 4.69) is 241 Å². The summed E-state index contributed by atoms with van der Waals surface area (Å²) in [5.74, 6) is 0. The van der Waals surface area contributed by atoms with Gasteiger partial charge in [-0.25, -0.2) is 0 Å². The second-order valence-corrected chi connectivity index (χ2v) is 18.1. The summed E-state index contributed by atoms with van der Waals surface area (Å²) >= 11 is 0. The minimum absolute atomic E-state index is 0.0553. The van der Waals surface area contributed by atoms with Crippen molar-refractivity contribution in [1.82, 2.24) is 9.13 Å². The summed E-state index contributed by atoms with van der Waals surface area (Å²) in [6, 6.07) is 67.1. The fraction of sp³-hybridized carbons (Fsp3) is 0.123. The first-order valence-corrected chi connectivity index (χ1v) is 21.5. The molecule has 1 N–H and O–H groups in total. The molecule has 0 fully saturated rings. The van der Waals surface area contributed by atoms with Crippen molar-refractivity contribution in [1.29, 1.82) is 0 Å². The van der Waals surface area contributed by atoms with Crippen molar-refractivity contribution >= 4 is 72.3 Å². The number of para-hydroxylation sites is 3. The lowest BCUT2D eigenvalue weighted by Crippen LogP contribution is -2.31. The van der Waals surface area contributed by atoms with E-state index in [1.165, 1.54) is 71.6 Å². The number of nitrogens with one attached hydrogen (secondary N) is 1. The standard InChI is InChI=1S/C57H46N4/c1-56(2,3)38-22-24-39(25-23-38)59(40-26-30-42(31-27-40)60-50-19-11-7-15-45(50)46-16-8-12-20-51(46)60)41-28-32-43(33-29-41)61-52-34-21-37-13-5-6-14-44(37)53(52)47-35-36-57(4)48-17-9-10-18-49(48)58-55(57)54(47)61/h5-36,55,58H,1-4H3. The number of hydrogen-bond acceptors (Lipinski definition) is 2. The van der Waals surface area contributed by atoms with Gasteiger partial charge in [0, 0.05) is 61.3 Å². The number of benzene rings is 8. The monoisotopic (exact) mass is 786 g/mol. The first-order chi connectivity index (χ1) is 29.8. The summed E-state index contributed by atoms with van der Waals surface area (Å²) < 4.78 is 4.91. The zero-order valence-corrected chi connectivity index (χ0v) is 34.9. The van der Waals surface area contributed by atoms with Crippen molar-refractivity contribution < 1.29 is 0 Å². The van der Waals surface area contributed by atoms with Crippen molar-refractivity contribution in [3.8, 4) is 11.4 Å². The fourth-order valence-electron chi connectivity index (χ4n) is 10.4. The van der Waals surface area contributed by atoms with Crippen LogP contribution in [0.25, 0.3) is 60.9 Å². The molecular formula is C57H46N4. The van der Waals surface area contributed by atoms with Gasteiger partial charge in [-0.1, -0.05) is 130 Å². The van der Waals surface area contributed by atoms with Crippen molar-refractivity contribution in [2.24, 2.45) is 0 Å². The Hall–Kier alpha value is -7.30. The molecule has 12 rings (SSSR count). The first-order valence-electron chi connectivity index (χ1n) is 21.5. The van der Waals surface area contributed by atoms with Crippen molar-refractivity contribution in [3.05, 3.63) is 210 Å². The molecule has 0 saturated carbocycles. The SMILES string of the molecule is CC(C)(C)c1ccc(N(c2ccc(-n3c4c(c5c6ccccc6ccc53)C=CC3(C)c5ccccc5NC43)cc2)c2ccc(-n3c4ccccc4c4ccccc43)cc2)cc1. The minimum Gasteiger partial charge on any atom is -0.375 e. The summed E-state index contributed by atoms with van der Waals surface area (Å²) in [6.45, 7) is 9.21. The third kappa shape index (κ3) is 5.31. The van der Waals surface area contributed by atoms with Crippen LogP contribution in [0.2, 0.25) is 0 Å². The van der Waals surface area contributed by atoms with Crippen molar-refractivity contribution in [2.45, 2.75) is 44.6 Å². The van der Waals surface area contributed by atoms with Crippen LogP contribution in [0.4, 0.5) is 22.7 Å². The largest absolute Gasteiger partial charge is 0.375 e. The second kappa shape index (κ2) is 13.1. The lowest BCUT2D eigenvalue weighted by atomic mass is 9.73. The molecule has 61 heavy (non-hydrogen) atoms. The highest BCUT2D eigenvalue weighted by Crippen LogP contribution is 2.55. The normalized spacial score (nSPS) is 16.8. The fourth-order valence-corrected chi connectivity index (χ4v) is 10.4. The van der Waals surface area contributed by atoms with Crippen LogP contribution in [0.3, 0.4) is 0 Å². The Morgan fingerprint density at radius 2 is 1.07 bits per heavy atom. The van der Waals surface area contributed by atoms with Crippen LogP contribution in [0.5, 0.6) is 0 Å². The van der Waals surface area contributed by atoms with E-state index in [1.807, 2.05) is 0 Å². The predicted molar refractivity (Wildman–Crippen MR) is 258 cm³/mol. The van der Waals surface area contributed by atoms with Gasteiger partial charge >= 0.3 is 0 Å². The number of rotatable bonds is 5.